The molecule has 2 aromatic rings. The second-order valence-electron chi connectivity index (χ2n) is 7.48. The lowest BCUT2D eigenvalue weighted by atomic mass is 9.71. The first kappa shape index (κ1) is 17.6. The summed E-state index contributed by atoms with van der Waals surface area (Å²) in [6.07, 6.45) is 2.68. The minimum absolute atomic E-state index is 0.0546. The Balaban J connectivity index is 1.75. The van der Waals surface area contributed by atoms with Gasteiger partial charge in [0.1, 0.15) is 5.76 Å². The van der Waals surface area contributed by atoms with Gasteiger partial charge in [0.05, 0.1) is 12.1 Å². The van der Waals surface area contributed by atoms with E-state index < -0.39 is 5.91 Å². The van der Waals surface area contributed by atoms with E-state index in [1.807, 2.05) is 0 Å². The first-order chi connectivity index (χ1) is 11.7. The number of primary amides is 1. The van der Waals surface area contributed by atoms with Gasteiger partial charge in [-0.25, -0.2) is 4.98 Å². The lowest BCUT2D eigenvalue weighted by Gasteiger charge is -2.33. The van der Waals surface area contributed by atoms with Crippen molar-refractivity contribution in [3.8, 4) is 0 Å². The molecule has 8 heteroatoms. The number of carbonyl (C=O) groups excluding carboxylic acids is 2. The van der Waals surface area contributed by atoms with Crippen LogP contribution in [0.25, 0.3) is 0 Å². The quantitative estimate of drug-likeness (QED) is 0.868. The molecule has 0 aliphatic heterocycles. The Morgan fingerprint density at radius 2 is 2.20 bits per heavy atom. The number of aryl methyl sites for hydroxylation is 1. The van der Waals surface area contributed by atoms with Gasteiger partial charge in [0, 0.05) is 17.4 Å². The van der Waals surface area contributed by atoms with Crippen molar-refractivity contribution in [1.29, 1.82) is 0 Å². The normalized spacial score (nSPS) is 17.2. The Morgan fingerprint density at radius 1 is 1.44 bits per heavy atom. The van der Waals surface area contributed by atoms with Crippen LogP contribution in [0.2, 0.25) is 0 Å². The summed E-state index contributed by atoms with van der Waals surface area (Å²) in [5.41, 5.74) is 7.09. The maximum Gasteiger partial charge on any atom is 0.279 e. The minimum Gasteiger partial charge on any atom is -0.369 e. The number of anilines is 1. The molecule has 0 spiro atoms. The third-order valence-electron chi connectivity index (χ3n) is 4.61. The Hall–Kier alpha value is -2.22. The van der Waals surface area contributed by atoms with Crippen LogP contribution in [0.4, 0.5) is 5.13 Å². The van der Waals surface area contributed by atoms with Crippen molar-refractivity contribution in [2.45, 2.75) is 46.5 Å². The highest BCUT2D eigenvalue weighted by Crippen LogP contribution is 2.38. The molecule has 134 valence electrons. The number of rotatable bonds is 4. The highest BCUT2D eigenvalue weighted by molar-refractivity contribution is 7.14. The summed E-state index contributed by atoms with van der Waals surface area (Å²) in [6.45, 7) is 6.64. The largest absolute Gasteiger partial charge is 0.369 e. The van der Waals surface area contributed by atoms with E-state index in [1.165, 1.54) is 11.3 Å². The number of hydrogen-bond donors (Lipinski definition) is 2. The second kappa shape index (κ2) is 6.59. The van der Waals surface area contributed by atoms with Gasteiger partial charge in [-0.3, -0.25) is 14.9 Å². The number of nitrogens with two attached hydrogens (primary N) is 1. The number of thiazole rings is 1. The molecule has 0 bridgehead atoms. The molecule has 1 atom stereocenters. The number of nitrogens with zero attached hydrogens (tertiary/aromatic N) is 2. The molecule has 0 saturated carbocycles. The fourth-order valence-corrected chi connectivity index (χ4v) is 3.81. The second-order valence-corrected chi connectivity index (χ2v) is 8.34. The number of aromatic nitrogens is 2. The van der Waals surface area contributed by atoms with E-state index in [2.05, 4.69) is 36.2 Å². The van der Waals surface area contributed by atoms with E-state index in [4.69, 9.17) is 10.3 Å². The van der Waals surface area contributed by atoms with Gasteiger partial charge in [-0.15, -0.1) is 11.3 Å². The molecule has 1 aliphatic carbocycles. The Kier molecular flexibility index (Phi) is 4.64. The number of hydrogen-bond acceptors (Lipinski definition) is 6. The van der Waals surface area contributed by atoms with Crippen LogP contribution in [-0.4, -0.2) is 22.0 Å². The summed E-state index contributed by atoms with van der Waals surface area (Å²) >= 11 is 1.25. The van der Waals surface area contributed by atoms with E-state index in [-0.39, 0.29) is 17.7 Å². The Labute approximate surface area is 150 Å². The van der Waals surface area contributed by atoms with Crippen molar-refractivity contribution in [3.05, 3.63) is 28.1 Å². The zero-order valence-electron chi connectivity index (χ0n) is 14.6. The number of amides is 2. The highest BCUT2D eigenvalue weighted by Gasteiger charge is 2.34. The minimum atomic E-state index is -0.457. The third-order valence-corrected chi connectivity index (χ3v) is 5.41. The first-order valence-electron chi connectivity index (χ1n) is 8.25. The first-order valence-corrected chi connectivity index (χ1v) is 9.13. The standard InChI is InChI=1S/C17H22N4O3S/c1-17(2,3)9-4-5-12-11(6-9)14(21-24-12)15(23)20-16-19-10(8-25-16)7-13(18)22/h8-9H,4-7H2,1-3H3,(H2,18,22)(H,19,20,23). The topological polar surface area (TPSA) is 111 Å². The van der Waals surface area contributed by atoms with E-state index in [0.717, 1.165) is 30.6 Å². The maximum absolute atomic E-state index is 12.6. The number of nitrogens with one attached hydrogen (secondary N) is 1. The predicted molar refractivity (Wildman–Crippen MR) is 94.4 cm³/mol. The molecule has 25 heavy (non-hydrogen) atoms. The van der Waals surface area contributed by atoms with Gasteiger partial charge in [-0.05, 0) is 24.2 Å². The van der Waals surface area contributed by atoms with Crippen LogP contribution in [0.1, 0.15) is 54.7 Å². The van der Waals surface area contributed by atoms with Crippen LogP contribution in [-0.2, 0) is 24.1 Å². The monoisotopic (exact) mass is 362 g/mol. The summed E-state index contributed by atoms with van der Waals surface area (Å²) in [4.78, 5) is 27.7. The molecule has 0 saturated heterocycles. The van der Waals surface area contributed by atoms with Gasteiger partial charge < -0.3 is 10.3 Å². The Morgan fingerprint density at radius 3 is 2.88 bits per heavy atom. The molecule has 3 N–H and O–H groups in total. The summed E-state index contributed by atoms with van der Waals surface area (Å²) < 4.78 is 5.38. The molecule has 2 heterocycles. The molecule has 2 amide bonds. The van der Waals surface area contributed by atoms with E-state index in [1.54, 1.807) is 5.38 Å². The van der Waals surface area contributed by atoms with Crippen LogP contribution in [0.5, 0.6) is 0 Å². The van der Waals surface area contributed by atoms with Crippen molar-refractivity contribution in [1.82, 2.24) is 10.1 Å². The molecule has 0 aromatic carbocycles. The lowest BCUT2D eigenvalue weighted by Crippen LogP contribution is -2.27. The van der Waals surface area contributed by atoms with Crippen molar-refractivity contribution >= 4 is 28.3 Å². The van der Waals surface area contributed by atoms with Crippen molar-refractivity contribution in [2.75, 3.05) is 5.32 Å². The van der Waals surface area contributed by atoms with Crippen LogP contribution in [0, 0.1) is 11.3 Å². The fourth-order valence-electron chi connectivity index (χ4n) is 3.10. The number of carbonyl (C=O) groups is 2. The van der Waals surface area contributed by atoms with Crippen LogP contribution < -0.4 is 11.1 Å². The highest BCUT2D eigenvalue weighted by atomic mass is 32.1. The van der Waals surface area contributed by atoms with Crippen LogP contribution in [0.3, 0.4) is 0 Å². The third kappa shape index (κ3) is 3.89. The zero-order valence-corrected chi connectivity index (χ0v) is 15.4. The van der Waals surface area contributed by atoms with E-state index in [9.17, 15) is 9.59 Å². The summed E-state index contributed by atoms with van der Waals surface area (Å²) in [5.74, 6) is 0.494. The van der Waals surface area contributed by atoms with Crippen molar-refractivity contribution in [2.24, 2.45) is 17.1 Å². The van der Waals surface area contributed by atoms with Gasteiger partial charge >= 0.3 is 0 Å². The van der Waals surface area contributed by atoms with Gasteiger partial charge in [0.25, 0.3) is 5.91 Å². The summed E-state index contributed by atoms with van der Waals surface area (Å²) in [7, 11) is 0. The SMILES string of the molecule is CC(C)(C)C1CCc2onc(C(=O)Nc3nc(CC(N)=O)cs3)c2C1. The average molecular weight is 362 g/mol. The zero-order chi connectivity index (χ0) is 18.2. The molecule has 7 nitrogen and oxygen atoms in total. The summed E-state index contributed by atoms with van der Waals surface area (Å²) in [6, 6.07) is 0. The van der Waals surface area contributed by atoms with Crippen molar-refractivity contribution < 1.29 is 14.1 Å². The smallest absolute Gasteiger partial charge is 0.279 e. The molecule has 1 aliphatic rings. The van der Waals surface area contributed by atoms with Crippen molar-refractivity contribution in [3.63, 3.8) is 0 Å². The molecule has 2 aromatic heterocycles. The van der Waals surface area contributed by atoms with Gasteiger partial charge in [-0.1, -0.05) is 25.9 Å². The van der Waals surface area contributed by atoms with Gasteiger partial charge in [0.15, 0.2) is 10.8 Å². The Bertz CT molecular complexity index is 803. The molecular formula is C17H22N4O3S. The molecule has 3 rings (SSSR count). The molecule has 0 radical (unpaired) electrons. The average Bonchev–Trinajstić information content (AvgIpc) is 3.11. The van der Waals surface area contributed by atoms with Crippen LogP contribution >= 0.6 is 11.3 Å². The maximum atomic E-state index is 12.6. The molecule has 1 unspecified atom stereocenters. The van der Waals surface area contributed by atoms with E-state index >= 15 is 0 Å². The number of fused-ring (bicyclic) bond motifs is 1. The fraction of sp³-hybridized carbons (Fsp3) is 0.529. The molecule has 0 fully saturated rings. The predicted octanol–water partition coefficient (Wildman–Crippen LogP) is 2.56. The molecular weight excluding hydrogens is 340 g/mol. The lowest BCUT2D eigenvalue weighted by molar-refractivity contribution is -0.117. The van der Waals surface area contributed by atoms with Gasteiger partial charge in [0.2, 0.25) is 5.91 Å². The van der Waals surface area contributed by atoms with E-state index in [0.29, 0.717) is 22.4 Å². The van der Waals surface area contributed by atoms with Gasteiger partial charge in [-0.2, -0.15) is 0 Å². The summed E-state index contributed by atoms with van der Waals surface area (Å²) in [5, 5.41) is 8.84. The van der Waals surface area contributed by atoms with Crippen LogP contribution in [0.15, 0.2) is 9.90 Å².